The summed E-state index contributed by atoms with van der Waals surface area (Å²) in [7, 11) is 1.28. The molecule has 0 amide bonds. The maximum Gasteiger partial charge on any atom is 0.348 e. The van der Waals surface area contributed by atoms with Crippen LogP contribution in [0.25, 0.3) is 10.2 Å². The fraction of sp³-hybridized carbons (Fsp3) is 0.188. The molecule has 0 aliphatic heterocycles. The number of aryl methyl sites for hydroxylation is 1. The van der Waals surface area contributed by atoms with Crippen molar-refractivity contribution >= 4 is 33.2 Å². The van der Waals surface area contributed by atoms with Crippen molar-refractivity contribution in [3.05, 3.63) is 67.1 Å². The van der Waals surface area contributed by atoms with Crippen molar-refractivity contribution in [2.24, 2.45) is 0 Å². The molecule has 9 heteroatoms. The predicted octanol–water partition coefficient (Wildman–Crippen LogP) is 2.51. The van der Waals surface area contributed by atoms with Crippen LogP contribution < -0.4 is 5.56 Å². The van der Waals surface area contributed by atoms with Gasteiger partial charge in [0, 0.05) is 12.1 Å². The number of hydrogen-bond acceptors (Lipinski definition) is 7. The number of methoxy groups -OCH3 is 1. The molecule has 0 aliphatic rings. The van der Waals surface area contributed by atoms with Crippen LogP contribution in [0.2, 0.25) is 0 Å². The highest BCUT2D eigenvalue weighted by Crippen LogP contribution is 2.27. The van der Waals surface area contributed by atoms with Gasteiger partial charge in [0.25, 0.3) is 11.2 Å². The second-order valence-corrected chi connectivity index (χ2v) is 6.33. The summed E-state index contributed by atoms with van der Waals surface area (Å²) in [5.74, 6) is -0.498. The monoisotopic (exact) mass is 359 g/mol. The highest BCUT2D eigenvalue weighted by molar-refractivity contribution is 7.20. The Kier molecular flexibility index (Phi) is 4.32. The number of ether oxygens (including phenoxy) is 1. The summed E-state index contributed by atoms with van der Waals surface area (Å²) in [6.45, 7) is 1.91. The highest BCUT2D eigenvalue weighted by atomic mass is 32.1. The third-order valence-electron chi connectivity index (χ3n) is 3.79. The average Bonchev–Trinajstić information content (AvgIpc) is 2.94. The standard InChI is InChI=1S/C16H13N3O5S/c1-9-12-14(25-13(9)16(21)24-2)17-8-18(15(12)20)7-10-3-5-11(6-4-10)19(22)23/h3-6,8H,7H2,1-2H3. The van der Waals surface area contributed by atoms with Gasteiger partial charge in [0.1, 0.15) is 9.71 Å². The highest BCUT2D eigenvalue weighted by Gasteiger charge is 2.19. The smallest absolute Gasteiger partial charge is 0.348 e. The zero-order valence-electron chi connectivity index (χ0n) is 13.4. The maximum absolute atomic E-state index is 12.7. The minimum Gasteiger partial charge on any atom is -0.465 e. The first kappa shape index (κ1) is 16.8. The number of fused-ring (bicyclic) bond motifs is 1. The average molecular weight is 359 g/mol. The molecule has 128 valence electrons. The lowest BCUT2D eigenvalue weighted by Crippen LogP contribution is -2.21. The zero-order valence-corrected chi connectivity index (χ0v) is 14.2. The van der Waals surface area contributed by atoms with Gasteiger partial charge in [0.2, 0.25) is 0 Å². The molecule has 0 N–H and O–H groups in total. The molecule has 8 nitrogen and oxygen atoms in total. The Bertz CT molecular complexity index is 1040. The molecule has 3 rings (SSSR count). The molecule has 0 radical (unpaired) electrons. The largest absolute Gasteiger partial charge is 0.465 e. The van der Waals surface area contributed by atoms with E-state index in [1.165, 1.54) is 30.1 Å². The second-order valence-electron chi connectivity index (χ2n) is 5.33. The number of carbonyl (C=O) groups is 1. The Morgan fingerprint density at radius 1 is 1.36 bits per heavy atom. The van der Waals surface area contributed by atoms with E-state index in [0.717, 1.165) is 16.9 Å². The minimum absolute atomic E-state index is 0.0129. The van der Waals surface area contributed by atoms with Gasteiger partial charge in [0.05, 0.1) is 30.3 Å². The molecule has 1 aromatic carbocycles. The van der Waals surface area contributed by atoms with E-state index in [1.54, 1.807) is 19.1 Å². The first-order valence-corrected chi connectivity index (χ1v) is 8.04. The Balaban J connectivity index is 2.01. The second kappa shape index (κ2) is 6.44. The Hall–Kier alpha value is -3.07. The van der Waals surface area contributed by atoms with Crippen molar-refractivity contribution in [1.29, 1.82) is 0 Å². The molecule has 2 heterocycles. The molecular formula is C16H13N3O5S. The molecule has 3 aromatic rings. The van der Waals surface area contributed by atoms with E-state index < -0.39 is 10.9 Å². The fourth-order valence-electron chi connectivity index (χ4n) is 2.48. The van der Waals surface area contributed by atoms with E-state index in [0.29, 0.717) is 20.7 Å². The number of thiophene rings is 1. The van der Waals surface area contributed by atoms with Gasteiger partial charge in [-0.25, -0.2) is 9.78 Å². The number of carbonyl (C=O) groups excluding carboxylic acids is 1. The summed E-state index contributed by atoms with van der Waals surface area (Å²) in [5.41, 5.74) is 0.991. The number of aromatic nitrogens is 2. The van der Waals surface area contributed by atoms with E-state index in [9.17, 15) is 19.7 Å². The summed E-state index contributed by atoms with van der Waals surface area (Å²) in [5, 5.41) is 11.1. The van der Waals surface area contributed by atoms with E-state index in [4.69, 9.17) is 4.74 Å². The summed E-state index contributed by atoms with van der Waals surface area (Å²) in [6.07, 6.45) is 1.41. The molecule has 2 aromatic heterocycles. The quantitative estimate of drug-likeness (QED) is 0.403. The lowest BCUT2D eigenvalue weighted by molar-refractivity contribution is -0.384. The van der Waals surface area contributed by atoms with E-state index in [-0.39, 0.29) is 17.8 Å². The summed E-state index contributed by atoms with van der Waals surface area (Å²) in [6, 6.07) is 5.96. The van der Waals surface area contributed by atoms with Crippen molar-refractivity contribution in [2.45, 2.75) is 13.5 Å². The minimum atomic E-state index is -0.498. The number of nitrogens with zero attached hydrogens (tertiary/aromatic N) is 3. The van der Waals surface area contributed by atoms with Gasteiger partial charge in [0.15, 0.2) is 0 Å². The molecular weight excluding hydrogens is 346 g/mol. The summed E-state index contributed by atoms with van der Waals surface area (Å²) >= 11 is 1.12. The Morgan fingerprint density at radius 2 is 2.04 bits per heavy atom. The first-order valence-electron chi connectivity index (χ1n) is 7.22. The van der Waals surface area contributed by atoms with E-state index in [1.807, 2.05) is 0 Å². The number of nitro benzene ring substituents is 1. The van der Waals surface area contributed by atoms with Crippen LogP contribution in [-0.2, 0) is 11.3 Å². The molecule has 0 aliphatic carbocycles. The molecule has 0 saturated carbocycles. The van der Waals surface area contributed by atoms with E-state index >= 15 is 0 Å². The molecule has 25 heavy (non-hydrogen) atoms. The van der Waals surface area contributed by atoms with Crippen LogP contribution in [0.4, 0.5) is 5.69 Å². The Morgan fingerprint density at radius 3 is 2.64 bits per heavy atom. The van der Waals surface area contributed by atoms with Gasteiger partial charge in [-0.2, -0.15) is 0 Å². The van der Waals surface area contributed by atoms with Crippen LogP contribution in [-0.4, -0.2) is 27.6 Å². The molecule has 0 unspecified atom stereocenters. The molecule has 0 bridgehead atoms. The normalized spacial score (nSPS) is 10.8. The topological polar surface area (TPSA) is 104 Å². The van der Waals surface area contributed by atoms with Gasteiger partial charge >= 0.3 is 5.97 Å². The predicted molar refractivity (Wildman–Crippen MR) is 92.2 cm³/mol. The number of nitro groups is 1. The van der Waals surface area contributed by atoms with Crippen LogP contribution in [0, 0.1) is 17.0 Å². The third-order valence-corrected chi connectivity index (χ3v) is 4.97. The third kappa shape index (κ3) is 3.01. The number of esters is 1. The Labute approximate surface area is 145 Å². The van der Waals surface area contributed by atoms with Crippen LogP contribution in [0.15, 0.2) is 35.4 Å². The lowest BCUT2D eigenvalue weighted by Gasteiger charge is -2.05. The van der Waals surface area contributed by atoms with Gasteiger partial charge in [-0.05, 0) is 18.1 Å². The number of non-ortho nitro benzene ring substituents is 1. The zero-order chi connectivity index (χ0) is 18.1. The van der Waals surface area contributed by atoms with Gasteiger partial charge in [-0.1, -0.05) is 12.1 Å². The van der Waals surface area contributed by atoms with Gasteiger partial charge in [-0.15, -0.1) is 11.3 Å². The summed E-state index contributed by atoms with van der Waals surface area (Å²) < 4.78 is 6.13. The number of rotatable bonds is 4. The molecule has 0 spiro atoms. The van der Waals surface area contributed by atoms with Crippen molar-refractivity contribution in [3.63, 3.8) is 0 Å². The molecule has 0 fully saturated rings. The number of hydrogen-bond donors (Lipinski definition) is 0. The van der Waals surface area contributed by atoms with Crippen LogP contribution in [0.3, 0.4) is 0 Å². The summed E-state index contributed by atoms with van der Waals surface area (Å²) in [4.78, 5) is 39.8. The fourth-order valence-corrected chi connectivity index (χ4v) is 3.54. The first-order chi connectivity index (χ1) is 11.9. The van der Waals surface area contributed by atoms with Crippen molar-refractivity contribution in [1.82, 2.24) is 9.55 Å². The van der Waals surface area contributed by atoms with Crippen molar-refractivity contribution in [3.8, 4) is 0 Å². The molecule has 0 atom stereocenters. The van der Waals surface area contributed by atoms with Crippen molar-refractivity contribution < 1.29 is 14.5 Å². The van der Waals surface area contributed by atoms with Crippen LogP contribution >= 0.6 is 11.3 Å². The number of benzene rings is 1. The van der Waals surface area contributed by atoms with E-state index in [2.05, 4.69) is 4.98 Å². The van der Waals surface area contributed by atoms with Crippen LogP contribution in [0.5, 0.6) is 0 Å². The SMILES string of the molecule is COC(=O)c1sc2ncn(Cc3ccc([N+](=O)[O-])cc3)c(=O)c2c1C. The molecule has 0 saturated heterocycles. The maximum atomic E-state index is 12.7. The van der Waals surface area contributed by atoms with Crippen LogP contribution in [0.1, 0.15) is 20.8 Å². The van der Waals surface area contributed by atoms with Crippen molar-refractivity contribution in [2.75, 3.05) is 7.11 Å². The van der Waals surface area contributed by atoms with Gasteiger partial charge in [-0.3, -0.25) is 19.5 Å². The van der Waals surface area contributed by atoms with Gasteiger partial charge < -0.3 is 4.74 Å². The lowest BCUT2D eigenvalue weighted by atomic mass is 10.2.